The third-order valence-electron chi connectivity index (χ3n) is 3.00. The van der Waals surface area contributed by atoms with Gasteiger partial charge in [0.2, 0.25) is 0 Å². The minimum atomic E-state index is -0.401. The van der Waals surface area contributed by atoms with E-state index >= 15 is 0 Å². The maximum atomic E-state index is 11.6. The topological polar surface area (TPSA) is 73.9 Å². The summed E-state index contributed by atoms with van der Waals surface area (Å²) in [4.78, 5) is 22.9. The first-order valence-electron chi connectivity index (χ1n) is 7.24. The van der Waals surface area contributed by atoms with E-state index in [0.29, 0.717) is 24.5 Å². The third-order valence-corrected chi connectivity index (χ3v) is 3.00. The molecule has 1 amide bonds. The molecule has 0 aliphatic heterocycles. The molecule has 0 aliphatic carbocycles. The van der Waals surface area contributed by atoms with Crippen molar-refractivity contribution in [3.05, 3.63) is 23.8 Å². The number of amides is 1. The predicted molar refractivity (Wildman–Crippen MR) is 82.1 cm³/mol. The van der Waals surface area contributed by atoms with Gasteiger partial charge in [-0.15, -0.1) is 0 Å². The quantitative estimate of drug-likeness (QED) is 0.703. The molecule has 1 rings (SSSR count). The Morgan fingerprint density at radius 2 is 1.86 bits per heavy atom. The van der Waals surface area contributed by atoms with Gasteiger partial charge in [-0.05, 0) is 30.5 Å². The van der Waals surface area contributed by atoms with Gasteiger partial charge in [0, 0.05) is 13.0 Å². The van der Waals surface area contributed by atoms with E-state index in [1.807, 2.05) is 19.1 Å². The Labute approximate surface area is 130 Å². The van der Waals surface area contributed by atoms with Crippen molar-refractivity contribution in [2.45, 2.75) is 26.2 Å². The van der Waals surface area contributed by atoms with Crippen molar-refractivity contribution >= 4 is 11.9 Å². The normalized spacial score (nSPS) is 9.95. The Hall–Kier alpha value is -2.24. The molecule has 6 nitrogen and oxygen atoms in total. The summed E-state index contributed by atoms with van der Waals surface area (Å²) < 4.78 is 15.3. The summed E-state index contributed by atoms with van der Waals surface area (Å²) in [6.45, 7) is 2.31. The van der Waals surface area contributed by atoms with Gasteiger partial charge in [0.15, 0.2) is 18.1 Å². The van der Waals surface area contributed by atoms with Gasteiger partial charge in [0.1, 0.15) is 0 Å². The van der Waals surface area contributed by atoms with Gasteiger partial charge in [0.25, 0.3) is 5.91 Å². The molecular formula is C16H23NO5. The number of esters is 1. The number of carbonyl (C=O) groups is 2. The van der Waals surface area contributed by atoms with E-state index in [9.17, 15) is 9.59 Å². The molecule has 1 N–H and O–H groups in total. The van der Waals surface area contributed by atoms with E-state index in [1.165, 1.54) is 0 Å². The predicted octanol–water partition coefficient (Wildman–Crippen LogP) is 1.71. The second-order valence-electron chi connectivity index (χ2n) is 4.70. The molecule has 0 aliphatic rings. The van der Waals surface area contributed by atoms with Crippen molar-refractivity contribution in [1.29, 1.82) is 0 Å². The summed E-state index contributed by atoms with van der Waals surface area (Å²) in [5, 5.41) is 2.64. The number of methoxy groups -OCH3 is 2. The van der Waals surface area contributed by atoms with E-state index in [1.54, 1.807) is 20.3 Å². The number of benzene rings is 1. The van der Waals surface area contributed by atoms with Gasteiger partial charge in [0.05, 0.1) is 14.2 Å². The van der Waals surface area contributed by atoms with Crippen LogP contribution in [0, 0.1) is 0 Å². The first-order chi connectivity index (χ1) is 10.6. The molecule has 0 saturated carbocycles. The molecule has 22 heavy (non-hydrogen) atoms. The molecule has 0 atom stereocenters. The summed E-state index contributed by atoms with van der Waals surface area (Å²) in [6.07, 6.45) is 1.56. The van der Waals surface area contributed by atoms with E-state index in [-0.39, 0.29) is 18.9 Å². The molecule has 1 aromatic rings. The number of hydrogen-bond donors (Lipinski definition) is 1. The lowest BCUT2D eigenvalue weighted by Gasteiger charge is -2.09. The monoisotopic (exact) mass is 309 g/mol. The molecule has 0 unspecified atom stereocenters. The number of ether oxygens (including phenoxy) is 3. The zero-order valence-corrected chi connectivity index (χ0v) is 13.3. The summed E-state index contributed by atoms with van der Waals surface area (Å²) >= 11 is 0. The van der Waals surface area contributed by atoms with E-state index in [0.717, 1.165) is 12.0 Å². The Bertz CT molecular complexity index is 501. The minimum Gasteiger partial charge on any atom is -0.493 e. The van der Waals surface area contributed by atoms with Crippen LogP contribution in [0.1, 0.15) is 25.3 Å². The maximum Gasteiger partial charge on any atom is 0.306 e. The molecule has 0 aromatic heterocycles. The molecule has 6 heteroatoms. The van der Waals surface area contributed by atoms with E-state index < -0.39 is 5.97 Å². The first-order valence-corrected chi connectivity index (χ1v) is 7.24. The van der Waals surface area contributed by atoms with Gasteiger partial charge >= 0.3 is 5.97 Å². The lowest BCUT2D eigenvalue weighted by molar-refractivity contribution is -0.148. The standard InChI is InChI=1S/C16H23NO5/c1-4-9-17-15(18)11-22-16(19)8-6-12-5-7-13(20-2)14(10-12)21-3/h5,7,10H,4,6,8-9,11H2,1-3H3,(H,17,18). The Balaban J connectivity index is 2.39. The summed E-state index contributed by atoms with van der Waals surface area (Å²) in [5.74, 6) is 0.580. The average molecular weight is 309 g/mol. The molecule has 0 saturated heterocycles. The number of aryl methyl sites for hydroxylation is 1. The van der Waals surface area contributed by atoms with Gasteiger partial charge in [-0.3, -0.25) is 9.59 Å². The zero-order chi connectivity index (χ0) is 16.4. The van der Waals surface area contributed by atoms with Crippen LogP contribution in [0.5, 0.6) is 11.5 Å². The van der Waals surface area contributed by atoms with Crippen molar-refractivity contribution in [2.24, 2.45) is 0 Å². The van der Waals surface area contributed by atoms with E-state index in [4.69, 9.17) is 14.2 Å². The number of hydrogen-bond acceptors (Lipinski definition) is 5. The van der Waals surface area contributed by atoms with Crippen molar-refractivity contribution < 1.29 is 23.8 Å². The van der Waals surface area contributed by atoms with Crippen LogP contribution in [0.3, 0.4) is 0 Å². The van der Waals surface area contributed by atoms with Crippen molar-refractivity contribution in [3.8, 4) is 11.5 Å². The molecule has 1 aromatic carbocycles. The Kier molecular flexibility index (Phi) is 7.81. The number of nitrogens with one attached hydrogen (secondary N) is 1. The molecular weight excluding hydrogens is 286 g/mol. The van der Waals surface area contributed by atoms with Gasteiger partial charge in [-0.25, -0.2) is 0 Å². The minimum absolute atomic E-state index is 0.205. The van der Waals surface area contributed by atoms with Gasteiger partial charge < -0.3 is 19.5 Å². The van der Waals surface area contributed by atoms with Crippen molar-refractivity contribution in [2.75, 3.05) is 27.4 Å². The molecule has 0 bridgehead atoms. The van der Waals surface area contributed by atoms with Crippen LogP contribution in [-0.2, 0) is 20.7 Å². The Morgan fingerprint density at radius 3 is 2.50 bits per heavy atom. The van der Waals surface area contributed by atoms with E-state index in [2.05, 4.69) is 5.32 Å². The number of rotatable bonds is 9. The molecule has 0 heterocycles. The molecule has 0 spiro atoms. The van der Waals surface area contributed by atoms with Crippen LogP contribution in [-0.4, -0.2) is 39.2 Å². The van der Waals surface area contributed by atoms with Crippen LogP contribution in [0.4, 0.5) is 0 Å². The maximum absolute atomic E-state index is 11.6. The fourth-order valence-electron chi connectivity index (χ4n) is 1.82. The Morgan fingerprint density at radius 1 is 1.14 bits per heavy atom. The summed E-state index contributed by atoms with van der Waals surface area (Å²) in [5.41, 5.74) is 0.935. The van der Waals surface area contributed by atoms with Crippen LogP contribution >= 0.6 is 0 Å². The zero-order valence-electron chi connectivity index (χ0n) is 13.3. The number of carbonyl (C=O) groups excluding carboxylic acids is 2. The van der Waals surface area contributed by atoms with Crippen LogP contribution in [0.15, 0.2) is 18.2 Å². The highest BCUT2D eigenvalue weighted by atomic mass is 16.5. The SMILES string of the molecule is CCCNC(=O)COC(=O)CCc1ccc(OC)c(OC)c1. The summed E-state index contributed by atoms with van der Waals surface area (Å²) in [6, 6.07) is 5.47. The van der Waals surface area contributed by atoms with Crippen LogP contribution < -0.4 is 14.8 Å². The van der Waals surface area contributed by atoms with Gasteiger partial charge in [-0.1, -0.05) is 13.0 Å². The summed E-state index contributed by atoms with van der Waals surface area (Å²) in [7, 11) is 3.13. The molecule has 0 fully saturated rings. The largest absolute Gasteiger partial charge is 0.493 e. The third kappa shape index (κ3) is 6.03. The average Bonchev–Trinajstić information content (AvgIpc) is 2.55. The lowest BCUT2D eigenvalue weighted by Crippen LogP contribution is -2.29. The lowest BCUT2D eigenvalue weighted by atomic mass is 10.1. The smallest absolute Gasteiger partial charge is 0.306 e. The van der Waals surface area contributed by atoms with Crippen molar-refractivity contribution in [3.63, 3.8) is 0 Å². The van der Waals surface area contributed by atoms with Crippen molar-refractivity contribution in [1.82, 2.24) is 5.32 Å². The van der Waals surface area contributed by atoms with Crippen LogP contribution in [0.25, 0.3) is 0 Å². The second-order valence-corrected chi connectivity index (χ2v) is 4.70. The fraction of sp³-hybridized carbons (Fsp3) is 0.500. The van der Waals surface area contributed by atoms with Crippen LogP contribution in [0.2, 0.25) is 0 Å². The fourth-order valence-corrected chi connectivity index (χ4v) is 1.82. The highest BCUT2D eigenvalue weighted by Crippen LogP contribution is 2.27. The highest BCUT2D eigenvalue weighted by molar-refractivity contribution is 5.80. The second kappa shape index (κ2) is 9.65. The first kappa shape index (κ1) is 17.8. The molecule has 0 radical (unpaired) electrons. The van der Waals surface area contributed by atoms with Gasteiger partial charge in [-0.2, -0.15) is 0 Å². The highest BCUT2D eigenvalue weighted by Gasteiger charge is 2.09. The molecule has 122 valence electrons.